The number of carbonyl (C=O) groups is 3. The molecule has 4 amide bonds. The van der Waals surface area contributed by atoms with Crippen LogP contribution in [-0.4, -0.2) is 40.7 Å². The molecule has 2 heterocycles. The first-order chi connectivity index (χ1) is 13.9. The fraction of sp³-hybridized carbons (Fsp3) is 0.286. The molecule has 0 radical (unpaired) electrons. The maximum atomic E-state index is 13.3. The second-order valence-corrected chi connectivity index (χ2v) is 7.76. The van der Waals surface area contributed by atoms with Crippen molar-refractivity contribution in [2.45, 2.75) is 25.4 Å². The molecule has 0 aliphatic carbocycles. The molecule has 0 bridgehead atoms. The Morgan fingerprint density at radius 3 is 2.62 bits per heavy atom. The molecule has 3 rings (SSSR count). The van der Waals surface area contributed by atoms with Gasteiger partial charge in [0.25, 0.3) is 5.91 Å². The van der Waals surface area contributed by atoms with E-state index in [0.29, 0.717) is 18.7 Å². The third-order valence-electron chi connectivity index (χ3n) is 4.97. The highest BCUT2D eigenvalue weighted by Gasteiger charge is 2.51. The van der Waals surface area contributed by atoms with Crippen molar-refractivity contribution in [3.05, 3.63) is 70.7 Å². The van der Waals surface area contributed by atoms with E-state index in [1.165, 1.54) is 35.6 Å². The summed E-state index contributed by atoms with van der Waals surface area (Å²) in [6, 6.07) is 8.61. The van der Waals surface area contributed by atoms with Gasteiger partial charge >= 0.3 is 6.03 Å². The highest BCUT2D eigenvalue weighted by molar-refractivity contribution is 7.09. The summed E-state index contributed by atoms with van der Waals surface area (Å²) in [5, 5.41) is 4.62. The average molecular weight is 415 g/mol. The number of halogens is 1. The van der Waals surface area contributed by atoms with E-state index in [1.54, 1.807) is 17.9 Å². The molecule has 1 saturated heterocycles. The van der Waals surface area contributed by atoms with Crippen molar-refractivity contribution < 1.29 is 18.8 Å². The summed E-state index contributed by atoms with van der Waals surface area (Å²) < 4.78 is 13.3. The van der Waals surface area contributed by atoms with Gasteiger partial charge in [-0.05, 0) is 35.6 Å². The second-order valence-electron chi connectivity index (χ2n) is 6.73. The lowest BCUT2D eigenvalue weighted by molar-refractivity contribution is -0.139. The number of nitrogens with zero attached hydrogens (tertiary/aromatic N) is 2. The van der Waals surface area contributed by atoms with Gasteiger partial charge < -0.3 is 10.2 Å². The normalized spacial score (nSPS) is 18.6. The van der Waals surface area contributed by atoms with Crippen LogP contribution in [0.4, 0.5) is 9.18 Å². The Kier molecular flexibility index (Phi) is 6.12. The van der Waals surface area contributed by atoms with E-state index >= 15 is 0 Å². The van der Waals surface area contributed by atoms with Gasteiger partial charge in [-0.15, -0.1) is 17.9 Å². The van der Waals surface area contributed by atoms with Gasteiger partial charge in [0.1, 0.15) is 17.9 Å². The lowest BCUT2D eigenvalue weighted by Crippen LogP contribution is -2.45. The second kappa shape index (κ2) is 8.57. The quantitative estimate of drug-likeness (QED) is 0.532. The first kappa shape index (κ1) is 20.7. The summed E-state index contributed by atoms with van der Waals surface area (Å²) in [5.74, 6) is -1.30. The van der Waals surface area contributed by atoms with Crippen LogP contribution in [0.1, 0.15) is 23.8 Å². The standard InChI is InChI=1S/C21H22FN3O3S/c1-3-11-24(13-17-6-5-12-29-17)18(26)14-25-19(27)21(4-2,23-20(25)28)15-7-9-16(22)10-8-15/h3,5-10,12H,1,4,11,13-14H2,2H3,(H,23,28)/t21-/m0/s1. The maximum absolute atomic E-state index is 13.3. The molecular weight excluding hydrogens is 393 g/mol. The molecule has 0 unspecified atom stereocenters. The Morgan fingerprint density at radius 2 is 2.03 bits per heavy atom. The molecule has 8 heteroatoms. The first-order valence-corrected chi connectivity index (χ1v) is 10.1. The first-order valence-electron chi connectivity index (χ1n) is 9.22. The molecule has 29 heavy (non-hydrogen) atoms. The third-order valence-corrected chi connectivity index (χ3v) is 5.83. The number of thiophene rings is 1. The number of imide groups is 1. The van der Waals surface area contributed by atoms with Crippen molar-refractivity contribution in [1.29, 1.82) is 0 Å². The van der Waals surface area contributed by atoms with Crippen LogP contribution in [0.25, 0.3) is 0 Å². The van der Waals surface area contributed by atoms with Gasteiger partial charge in [-0.25, -0.2) is 9.18 Å². The number of hydrogen-bond donors (Lipinski definition) is 1. The molecule has 1 aromatic carbocycles. The van der Waals surface area contributed by atoms with Crippen LogP contribution in [-0.2, 0) is 21.7 Å². The van der Waals surface area contributed by atoms with E-state index in [2.05, 4.69) is 11.9 Å². The summed E-state index contributed by atoms with van der Waals surface area (Å²) >= 11 is 1.52. The number of nitrogens with one attached hydrogen (secondary N) is 1. The number of carbonyl (C=O) groups excluding carboxylic acids is 3. The summed E-state index contributed by atoms with van der Waals surface area (Å²) in [6.07, 6.45) is 1.88. The number of benzene rings is 1. The lowest BCUT2D eigenvalue weighted by Gasteiger charge is -2.26. The topological polar surface area (TPSA) is 69.7 Å². The van der Waals surface area contributed by atoms with Gasteiger partial charge in [0, 0.05) is 11.4 Å². The number of rotatable bonds is 8. The zero-order chi connectivity index (χ0) is 21.0. The van der Waals surface area contributed by atoms with E-state index in [0.717, 1.165) is 9.78 Å². The van der Waals surface area contributed by atoms with Crippen LogP contribution in [0.2, 0.25) is 0 Å². The smallest absolute Gasteiger partial charge is 0.325 e. The molecule has 6 nitrogen and oxygen atoms in total. The minimum Gasteiger partial charge on any atom is -0.332 e. The number of hydrogen-bond acceptors (Lipinski definition) is 4. The third kappa shape index (κ3) is 4.07. The molecule has 1 N–H and O–H groups in total. The molecule has 1 fully saturated rings. The molecule has 0 saturated carbocycles. The fourth-order valence-electron chi connectivity index (χ4n) is 3.38. The average Bonchev–Trinajstić information content (AvgIpc) is 3.30. The highest BCUT2D eigenvalue weighted by atomic mass is 32.1. The van der Waals surface area contributed by atoms with Crippen LogP contribution >= 0.6 is 11.3 Å². The van der Waals surface area contributed by atoms with Gasteiger partial charge in [0.05, 0.1) is 6.54 Å². The van der Waals surface area contributed by atoms with Crippen LogP contribution in [0.3, 0.4) is 0 Å². The summed E-state index contributed by atoms with van der Waals surface area (Å²) in [4.78, 5) is 42.0. The minimum absolute atomic E-state index is 0.277. The van der Waals surface area contributed by atoms with Crippen LogP contribution in [0.5, 0.6) is 0 Å². The minimum atomic E-state index is -1.30. The largest absolute Gasteiger partial charge is 0.332 e. The van der Waals surface area contributed by atoms with Crippen molar-refractivity contribution in [3.63, 3.8) is 0 Å². The monoisotopic (exact) mass is 415 g/mol. The van der Waals surface area contributed by atoms with E-state index in [-0.39, 0.29) is 18.9 Å². The summed E-state index contributed by atoms with van der Waals surface area (Å²) in [7, 11) is 0. The number of urea groups is 1. The Hall–Kier alpha value is -3.00. The van der Waals surface area contributed by atoms with Gasteiger partial charge in [-0.1, -0.05) is 31.2 Å². The molecular formula is C21H22FN3O3S. The fourth-order valence-corrected chi connectivity index (χ4v) is 4.10. The van der Waals surface area contributed by atoms with Gasteiger partial charge in [-0.2, -0.15) is 0 Å². The zero-order valence-electron chi connectivity index (χ0n) is 16.1. The molecule has 1 aliphatic rings. The summed E-state index contributed by atoms with van der Waals surface area (Å²) in [6.45, 7) is 5.75. The van der Waals surface area contributed by atoms with E-state index in [1.807, 2.05) is 17.5 Å². The number of amides is 4. The molecule has 152 valence electrons. The van der Waals surface area contributed by atoms with Crippen molar-refractivity contribution in [1.82, 2.24) is 15.1 Å². The summed E-state index contributed by atoms with van der Waals surface area (Å²) in [5.41, 5.74) is -0.821. The molecule has 1 atom stereocenters. The molecule has 1 aliphatic heterocycles. The predicted octanol–water partition coefficient (Wildman–Crippen LogP) is 3.26. The molecule has 1 aromatic heterocycles. The van der Waals surface area contributed by atoms with Crippen molar-refractivity contribution >= 4 is 29.2 Å². The maximum Gasteiger partial charge on any atom is 0.325 e. The van der Waals surface area contributed by atoms with Gasteiger partial charge in [0.2, 0.25) is 5.91 Å². The van der Waals surface area contributed by atoms with E-state index in [9.17, 15) is 18.8 Å². The van der Waals surface area contributed by atoms with Gasteiger partial charge in [-0.3, -0.25) is 14.5 Å². The molecule has 0 spiro atoms. The van der Waals surface area contributed by atoms with Crippen molar-refractivity contribution in [3.8, 4) is 0 Å². The Morgan fingerprint density at radius 1 is 1.31 bits per heavy atom. The lowest BCUT2D eigenvalue weighted by atomic mass is 9.87. The Balaban J connectivity index is 1.80. The Bertz CT molecular complexity index is 914. The van der Waals surface area contributed by atoms with Crippen LogP contribution in [0, 0.1) is 5.82 Å². The molecule has 2 aromatic rings. The highest BCUT2D eigenvalue weighted by Crippen LogP contribution is 2.32. The zero-order valence-corrected chi connectivity index (χ0v) is 16.9. The van der Waals surface area contributed by atoms with E-state index < -0.39 is 23.3 Å². The predicted molar refractivity (Wildman–Crippen MR) is 109 cm³/mol. The Labute approximate surface area is 172 Å². The van der Waals surface area contributed by atoms with Gasteiger partial charge in [0.15, 0.2) is 0 Å². The van der Waals surface area contributed by atoms with E-state index in [4.69, 9.17) is 0 Å². The van der Waals surface area contributed by atoms with Crippen LogP contribution < -0.4 is 5.32 Å². The van der Waals surface area contributed by atoms with Crippen LogP contribution in [0.15, 0.2) is 54.4 Å². The van der Waals surface area contributed by atoms with Crippen molar-refractivity contribution in [2.24, 2.45) is 0 Å². The van der Waals surface area contributed by atoms with Crippen molar-refractivity contribution in [2.75, 3.05) is 13.1 Å². The SMILES string of the molecule is C=CCN(Cc1cccs1)C(=O)CN1C(=O)N[C@@](CC)(c2ccc(F)cc2)C1=O.